The van der Waals surface area contributed by atoms with E-state index in [1.807, 2.05) is 6.07 Å². The molecule has 0 saturated heterocycles. The highest BCUT2D eigenvalue weighted by atomic mass is 32.1. The van der Waals surface area contributed by atoms with Crippen molar-refractivity contribution < 1.29 is 0 Å². The number of anilines is 1. The van der Waals surface area contributed by atoms with E-state index < -0.39 is 0 Å². The van der Waals surface area contributed by atoms with Gasteiger partial charge < -0.3 is 10.6 Å². The first kappa shape index (κ1) is 13.5. The van der Waals surface area contributed by atoms with Gasteiger partial charge in [-0.15, -0.1) is 11.3 Å². The predicted molar refractivity (Wildman–Crippen MR) is 78.7 cm³/mol. The molecule has 19 heavy (non-hydrogen) atoms. The number of thiophene rings is 1. The van der Waals surface area contributed by atoms with Gasteiger partial charge in [0.15, 0.2) is 0 Å². The van der Waals surface area contributed by atoms with Gasteiger partial charge in [0.1, 0.15) is 11.5 Å². The number of hydrogen-bond donors (Lipinski definition) is 2. The molecule has 0 atom stereocenters. The van der Waals surface area contributed by atoms with E-state index in [-0.39, 0.29) is 11.9 Å². The highest BCUT2D eigenvalue weighted by Gasteiger charge is 2.15. The van der Waals surface area contributed by atoms with Crippen molar-refractivity contribution in [3.8, 4) is 0 Å². The van der Waals surface area contributed by atoms with Crippen molar-refractivity contribution in [3.05, 3.63) is 40.3 Å². The molecule has 100 valence electrons. The van der Waals surface area contributed by atoms with Gasteiger partial charge in [0.05, 0.1) is 6.54 Å². The zero-order valence-corrected chi connectivity index (χ0v) is 11.8. The molecule has 5 nitrogen and oxygen atoms in total. The molecule has 0 aliphatic carbocycles. The van der Waals surface area contributed by atoms with E-state index >= 15 is 0 Å². The summed E-state index contributed by atoms with van der Waals surface area (Å²) in [6.07, 6.45) is 1.64. The lowest BCUT2D eigenvalue weighted by Gasteiger charge is -2.26. The Hall–Kier alpha value is -1.95. The molecule has 0 radical (unpaired) electrons. The fourth-order valence-electron chi connectivity index (χ4n) is 1.69. The summed E-state index contributed by atoms with van der Waals surface area (Å²) in [5, 5.41) is 9.50. The Bertz CT molecular complexity index is 550. The van der Waals surface area contributed by atoms with Gasteiger partial charge in [-0.2, -0.15) is 0 Å². The normalized spacial score (nSPS) is 10.7. The zero-order chi connectivity index (χ0) is 13.8. The molecule has 2 aromatic rings. The molecular weight excluding hydrogens is 258 g/mol. The lowest BCUT2D eigenvalue weighted by molar-refractivity contribution is 0.664. The molecule has 0 spiro atoms. The third-order valence-corrected chi connectivity index (χ3v) is 3.57. The maximum Gasteiger partial charge on any atom is 0.226 e. The van der Waals surface area contributed by atoms with Crippen LogP contribution < -0.4 is 10.6 Å². The Kier molecular flexibility index (Phi) is 4.11. The molecule has 0 aliphatic rings. The zero-order valence-electron chi connectivity index (χ0n) is 11.0. The van der Waals surface area contributed by atoms with Crippen LogP contribution in [0.3, 0.4) is 0 Å². The minimum absolute atomic E-state index is 0.0384. The molecule has 0 saturated carbocycles. The van der Waals surface area contributed by atoms with Gasteiger partial charge in [-0.25, -0.2) is 9.97 Å². The van der Waals surface area contributed by atoms with Crippen molar-refractivity contribution in [2.75, 3.05) is 4.90 Å². The maximum atomic E-state index is 7.45. The fraction of sp³-hybridized carbons (Fsp3) is 0.308. The summed E-state index contributed by atoms with van der Waals surface area (Å²) < 4.78 is 0. The molecule has 0 aliphatic heterocycles. The number of hydrogen-bond acceptors (Lipinski definition) is 5. The third kappa shape index (κ3) is 3.29. The summed E-state index contributed by atoms with van der Waals surface area (Å²) in [6, 6.07) is 6.04. The summed E-state index contributed by atoms with van der Waals surface area (Å²) in [5.41, 5.74) is 5.93. The minimum atomic E-state index is -0.0384. The van der Waals surface area contributed by atoms with Gasteiger partial charge in [0, 0.05) is 17.1 Å². The number of aromatic nitrogens is 2. The van der Waals surface area contributed by atoms with E-state index in [0.29, 0.717) is 11.6 Å². The number of nitrogens with one attached hydrogen (secondary N) is 1. The van der Waals surface area contributed by atoms with E-state index in [1.165, 1.54) is 4.88 Å². The summed E-state index contributed by atoms with van der Waals surface area (Å²) in [6.45, 7) is 4.95. The second kappa shape index (κ2) is 5.79. The molecule has 2 heterocycles. The van der Waals surface area contributed by atoms with Crippen molar-refractivity contribution >= 4 is 23.1 Å². The van der Waals surface area contributed by atoms with Gasteiger partial charge in [-0.3, -0.25) is 5.41 Å². The second-order valence-corrected chi connectivity index (χ2v) is 5.49. The Morgan fingerprint density at radius 2 is 2.26 bits per heavy atom. The van der Waals surface area contributed by atoms with Crippen LogP contribution >= 0.6 is 11.3 Å². The highest BCUT2D eigenvalue weighted by molar-refractivity contribution is 7.09. The number of rotatable bonds is 5. The minimum Gasteiger partial charge on any atom is -0.382 e. The lowest BCUT2D eigenvalue weighted by atomic mass is 10.3. The monoisotopic (exact) mass is 275 g/mol. The third-order valence-electron chi connectivity index (χ3n) is 2.71. The van der Waals surface area contributed by atoms with Crippen molar-refractivity contribution in [3.63, 3.8) is 0 Å². The predicted octanol–water partition coefficient (Wildman–Crippen LogP) is 2.24. The van der Waals surface area contributed by atoms with Gasteiger partial charge >= 0.3 is 0 Å². The SMILES string of the molecule is CC(C)N(Cc1cccs1)c1nccc(C(=N)N)n1. The quantitative estimate of drug-likeness (QED) is 0.648. The summed E-state index contributed by atoms with van der Waals surface area (Å²) in [5.74, 6) is 0.569. The molecule has 3 N–H and O–H groups in total. The van der Waals surface area contributed by atoms with Crippen LogP contribution in [0.15, 0.2) is 29.8 Å². The van der Waals surface area contributed by atoms with Crippen LogP contribution in [0.25, 0.3) is 0 Å². The van der Waals surface area contributed by atoms with E-state index in [2.05, 4.69) is 40.2 Å². The Morgan fingerprint density at radius 1 is 1.47 bits per heavy atom. The summed E-state index contributed by atoms with van der Waals surface area (Å²) in [4.78, 5) is 12.0. The molecule has 6 heteroatoms. The van der Waals surface area contributed by atoms with E-state index in [0.717, 1.165) is 6.54 Å². The lowest BCUT2D eigenvalue weighted by Crippen LogP contribution is -2.32. The van der Waals surface area contributed by atoms with E-state index in [1.54, 1.807) is 23.6 Å². The number of nitrogen functional groups attached to an aromatic ring is 1. The summed E-state index contributed by atoms with van der Waals surface area (Å²) >= 11 is 1.71. The van der Waals surface area contributed by atoms with Gasteiger partial charge in [-0.05, 0) is 31.4 Å². The first-order valence-electron chi connectivity index (χ1n) is 6.04. The standard InChI is InChI=1S/C13H17N5S/c1-9(2)18(8-10-4-3-7-19-10)13-16-6-5-11(17-13)12(14)15/h3-7,9H,8H2,1-2H3,(H3,14,15). The topological polar surface area (TPSA) is 78.9 Å². The average Bonchev–Trinajstić information content (AvgIpc) is 2.88. The van der Waals surface area contributed by atoms with Gasteiger partial charge in [0.2, 0.25) is 5.95 Å². The number of amidine groups is 1. The van der Waals surface area contributed by atoms with Crippen molar-refractivity contribution in [1.82, 2.24) is 9.97 Å². The average molecular weight is 275 g/mol. The van der Waals surface area contributed by atoms with Crippen LogP contribution in [-0.4, -0.2) is 21.8 Å². The van der Waals surface area contributed by atoms with Crippen LogP contribution in [-0.2, 0) is 6.54 Å². The molecule has 0 amide bonds. The number of nitrogens with two attached hydrogens (primary N) is 1. The molecule has 0 aromatic carbocycles. The molecule has 0 fully saturated rings. The van der Waals surface area contributed by atoms with Crippen LogP contribution in [0.4, 0.5) is 5.95 Å². The van der Waals surface area contributed by atoms with Gasteiger partial charge in [0.25, 0.3) is 0 Å². The Morgan fingerprint density at radius 3 is 2.84 bits per heavy atom. The highest BCUT2D eigenvalue weighted by Crippen LogP contribution is 2.18. The first-order valence-corrected chi connectivity index (χ1v) is 6.92. The van der Waals surface area contributed by atoms with Crippen LogP contribution in [0.5, 0.6) is 0 Å². The van der Waals surface area contributed by atoms with E-state index in [9.17, 15) is 0 Å². The van der Waals surface area contributed by atoms with Crippen molar-refractivity contribution in [1.29, 1.82) is 5.41 Å². The van der Waals surface area contributed by atoms with Crippen LogP contribution in [0.2, 0.25) is 0 Å². The molecular formula is C13H17N5S. The molecule has 0 bridgehead atoms. The number of nitrogens with zero attached hydrogens (tertiary/aromatic N) is 3. The second-order valence-electron chi connectivity index (χ2n) is 4.46. The van der Waals surface area contributed by atoms with Crippen LogP contribution in [0.1, 0.15) is 24.4 Å². The Labute approximate surface area is 116 Å². The summed E-state index contributed by atoms with van der Waals surface area (Å²) in [7, 11) is 0. The molecule has 2 rings (SSSR count). The molecule has 2 aromatic heterocycles. The van der Waals surface area contributed by atoms with Crippen molar-refractivity contribution in [2.45, 2.75) is 26.4 Å². The molecule has 0 unspecified atom stereocenters. The van der Waals surface area contributed by atoms with E-state index in [4.69, 9.17) is 11.1 Å². The fourth-order valence-corrected chi connectivity index (χ4v) is 2.39. The van der Waals surface area contributed by atoms with Gasteiger partial charge in [-0.1, -0.05) is 6.07 Å². The van der Waals surface area contributed by atoms with Crippen molar-refractivity contribution in [2.24, 2.45) is 5.73 Å². The van der Waals surface area contributed by atoms with Crippen LogP contribution in [0, 0.1) is 5.41 Å². The smallest absolute Gasteiger partial charge is 0.226 e. The Balaban J connectivity index is 2.28. The maximum absolute atomic E-state index is 7.45. The first-order chi connectivity index (χ1) is 9.08. The largest absolute Gasteiger partial charge is 0.382 e.